The van der Waals surface area contributed by atoms with Gasteiger partial charge in [0.05, 0.1) is 16.2 Å². The molecule has 1 unspecified atom stereocenters. The first-order valence-corrected chi connectivity index (χ1v) is 11.5. The Hall–Kier alpha value is -2.64. The van der Waals surface area contributed by atoms with Gasteiger partial charge in [-0.3, -0.25) is 14.2 Å². The van der Waals surface area contributed by atoms with E-state index >= 15 is 0 Å². The second-order valence-corrected chi connectivity index (χ2v) is 8.40. The van der Waals surface area contributed by atoms with Gasteiger partial charge in [0.15, 0.2) is 5.16 Å². The summed E-state index contributed by atoms with van der Waals surface area (Å²) in [5, 5.41) is 0.748. The number of ether oxygens (including phenoxy) is 1. The number of aromatic nitrogens is 2. The lowest BCUT2D eigenvalue weighted by Gasteiger charge is -2.24. The van der Waals surface area contributed by atoms with E-state index in [1.165, 1.54) is 11.8 Å². The summed E-state index contributed by atoms with van der Waals surface area (Å²) >= 11 is 1.33. The summed E-state index contributed by atoms with van der Waals surface area (Å²) in [4.78, 5) is 32.8. The maximum Gasteiger partial charge on any atom is 0.262 e. The predicted molar refractivity (Wildman–Crippen MR) is 127 cm³/mol. The van der Waals surface area contributed by atoms with Gasteiger partial charge in [-0.05, 0) is 51.5 Å². The Labute approximate surface area is 187 Å². The summed E-state index contributed by atoms with van der Waals surface area (Å²) in [5.74, 6) is -0.0121. The quantitative estimate of drug-likeness (QED) is 0.267. The first-order valence-electron chi connectivity index (χ1n) is 10.7. The van der Waals surface area contributed by atoms with Crippen molar-refractivity contribution in [3.8, 4) is 0 Å². The van der Waals surface area contributed by atoms with Crippen LogP contribution >= 0.6 is 11.8 Å². The van der Waals surface area contributed by atoms with Gasteiger partial charge in [-0.2, -0.15) is 0 Å². The Morgan fingerprint density at radius 2 is 1.84 bits per heavy atom. The van der Waals surface area contributed by atoms with Crippen LogP contribution in [0.5, 0.6) is 0 Å². The third-order valence-corrected chi connectivity index (χ3v) is 6.06. The van der Waals surface area contributed by atoms with Gasteiger partial charge in [-0.15, -0.1) is 0 Å². The molecule has 1 amide bonds. The molecule has 0 aliphatic heterocycles. The van der Waals surface area contributed by atoms with E-state index in [1.807, 2.05) is 69.3 Å². The van der Waals surface area contributed by atoms with Crippen molar-refractivity contribution in [1.29, 1.82) is 0 Å². The zero-order valence-electron chi connectivity index (χ0n) is 18.3. The Bertz CT molecular complexity index is 1070. The number of amides is 1. The van der Waals surface area contributed by atoms with E-state index in [0.717, 1.165) is 5.69 Å². The molecule has 1 atom stereocenters. The molecular formula is C24H29N3O3S. The predicted octanol–water partition coefficient (Wildman–Crippen LogP) is 4.36. The smallest absolute Gasteiger partial charge is 0.262 e. The van der Waals surface area contributed by atoms with E-state index in [-0.39, 0.29) is 11.5 Å². The maximum atomic E-state index is 13.2. The van der Waals surface area contributed by atoms with Crippen LogP contribution in [0.2, 0.25) is 0 Å². The van der Waals surface area contributed by atoms with Crippen molar-refractivity contribution in [2.45, 2.75) is 44.1 Å². The number of nitrogens with zero attached hydrogens (tertiary/aromatic N) is 3. The molecule has 3 rings (SSSR count). The van der Waals surface area contributed by atoms with Crippen LogP contribution in [0.4, 0.5) is 5.69 Å². The number of rotatable bonds is 10. The highest BCUT2D eigenvalue weighted by Gasteiger charge is 2.24. The molecule has 0 radical (unpaired) electrons. The summed E-state index contributed by atoms with van der Waals surface area (Å²) in [5.41, 5.74) is 1.42. The first kappa shape index (κ1) is 23.0. The molecule has 7 heteroatoms. The van der Waals surface area contributed by atoms with Crippen LogP contribution in [0.3, 0.4) is 0 Å². The highest BCUT2D eigenvalue weighted by Crippen LogP contribution is 2.26. The van der Waals surface area contributed by atoms with Crippen LogP contribution in [-0.2, 0) is 16.1 Å². The zero-order chi connectivity index (χ0) is 22.2. The largest absolute Gasteiger partial charge is 0.382 e. The van der Waals surface area contributed by atoms with Crippen molar-refractivity contribution in [2.24, 2.45) is 0 Å². The summed E-state index contributed by atoms with van der Waals surface area (Å²) in [6, 6.07) is 17.0. The fraction of sp³-hybridized carbons (Fsp3) is 0.375. The molecule has 0 spiro atoms. The van der Waals surface area contributed by atoms with Crippen molar-refractivity contribution in [2.75, 3.05) is 24.7 Å². The van der Waals surface area contributed by atoms with E-state index in [2.05, 4.69) is 0 Å². The van der Waals surface area contributed by atoms with Gasteiger partial charge < -0.3 is 9.64 Å². The van der Waals surface area contributed by atoms with Gasteiger partial charge in [0.2, 0.25) is 5.91 Å². The lowest BCUT2D eigenvalue weighted by molar-refractivity contribution is -0.117. The van der Waals surface area contributed by atoms with Gasteiger partial charge in [0.25, 0.3) is 5.56 Å². The molecular weight excluding hydrogens is 410 g/mol. The lowest BCUT2D eigenvalue weighted by Crippen LogP contribution is -2.37. The molecule has 31 heavy (non-hydrogen) atoms. The van der Waals surface area contributed by atoms with Crippen molar-refractivity contribution >= 4 is 34.3 Å². The van der Waals surface area contributed by atoms with E-state index in [1.54, 1.807) is 15.5 Å². The average molecular weight is 440 g/mol. The molecule has 0 N–H and O–H groups in total. The van der Waals surface area contributed by atoms with Crippen LogP contribution in [0.1, 0.15) is 27.2 Å². The standard InChI is InChI=1S/C24H29N3O3S/c1-4-26(19-12-7-6-8-13-19)22(28)18(3)31-24-25-21-15-10-9-14-20(21)23(29)27(24)16-11-17-30-5-2/h6-10,12-15,18H,4-5,11,16-17H2,1-3H3. The van der Waals surface area contributed by atoms with Gasteiger partial charge in [-0.1, -0.05) is 42.1 Å². The van der Waals surface area contributed by atoms with Crippen molar-refractivity contribution < 1.29 is 9.53 Å². The number of thioether (sulfide) groups is 1. The summed E-state index contributed by atoms with van der Waals surface area (Å²) in [7, 11) is 0. The third-order valence-electron chi connectivity index (χ3n) is 4.98. The molecule has 6 nitrogen and oxygen atoms in total. The number of fused-ring (bicyclic) bond motifs is 1. The Morgan fingerprint density at radius 3 is 2.55 bits per heavy atom. The van der Waals surface area contributed by atoms with Crippen molar-refractivity contribution in [1.82, 2.24) is 9.55 Å². The van der Waals surface area contributed by atoms with Crippen LogP contribution < -0.4 is 10.5 Å². The first-order chi connectivity index (χ1) is 15.1. The van der Waals surface area contributed by atoms with Crippen LogP contribution in [-0.4, -0.2) is 40.5 Å². The van der Waals surface area contributed by atoms with Crippen molar-refractivity contribution in [3.63, 3.8) is 0 Å². The highest BCUT2D eigenvalue weighted by molar-refractivity contribution is 8.00. The fourth-order valence-corrected chi connectivity index (χ4v) is 4.40. The van der Waals surface area contributed by atoms with Crippen LogP contribution in [0.15, 0.2) is 64.5 Å². The van der Waals surface area contributed by atoms with Crippen LogP contribution in [0.25, 0.3) is 10.9 Å². The number of hydrogen-bond acceptors (Lipinski definition) is 5. The van der Waals surface area contributed by atoms with Gasteiger partial charge in [0, 0.05) is 32.0 Å². The SMILES string of the molecule is CCOCCCn1c(SC(C)C(=O)N(CC)c2ccccc2)nc2ccccc2c1=O. The molecule has 3 aromatic rings. The van der Waals surface area contributed by atoms with Gasteiger partial charge in [0.1, 0.15) is 0 Å². The number of carbonyl (C=O) groups is 1. The number of hydrogen-bond donors (Lipinski definition) is 0. The molecule has 2 aromatic carbocycles. The third kappa shape index (κ3) is 5.54. The van der Waals surface area contributed by atoms with E-state index in [0.29, 0.717) is 48.8 Å². The molecule has 0 saturated heterocycles. The monoisotopic (exact) mass is 439 g/mol. The summed E-state index contributed by atoms with van der Waals surface area (Å²) in [6.07, 6.45) is 0.703. The van der Waals surface area contributed by atoms with E-state index < -0.39 is 5.25 Å². The Kier molecular flexibility index (Phi) is 8.26. The Morgan fingerprint density at radius 1 is 1.13 bits per heavy atom. The fourth-order valence-electron chi connectivity index (χ4n) is 3.41. The van der Waals surface area contributed by atoms with Gasteiger partial charge >= 0.3 is 0 Å². The number of carbonyl (C=O) groups excluding carboxylic acids is 1. The Balaban J connectivity index is 1.89. The minimum Gasteiger partial charge on any atom is -0.382 e. The molecule has 0 aliphatic rings. The zero-order valence-corrected chi connectivity index (χ0v) is 19.1. The number of para-hydroxylation sites is 2. The second-order valence-electron chi connectivity index (χ2n) is 7.10. The van der Waals surface area contributed by atoms with E-state index in [9.17, 15) is 9.59 Å². The minimum atomic E-state index is -0.397. The molecule has 1 aromatic heterocycles. The van der Waals surface area contributed by atoms with E-state index in [4.69, 9.17) is 9.72 Å². The normalized spacial score (nSPS) is 12.1. The van der Waals surface area contributed by atoms with Crippen molar-refractivity contribution in [3.05, 3.63) is 65.0 Å². The topological polar surface area (TPSA) is 64.4 Å². The minimum absolute atomic E-state index is 0.0121. The summed E-state index contributed by atoms with van der Waals surface area (Å²) in [6.45, 7) is 8.06. The molecule has 0 aliphatic carbocycles. The van der Waals surface area contributed by atoms with Gasteiger partial charge in [-0.25, -0.2) is 4.98 Å². The molecule has 1 heterocycles. The number of anilines is 1. The lowest BCUT2D eigenvalue weighted by atomic mass is 10.2. The molecule has 0 bridgehead atoms. The molecule has 0 saturated carbocycles. The number of benzene rings is 2. The second kappa shape index (κ2) is 11.1. The van der Waals surface area contributed by atoms with Crippen LogP contribution in [0, 0.1) is 0 Å². The molecule has 164 valence electrons. The molecule has 0 fully saturated rings. The highest BCUT2D eigenvalue weighted by atomic mass is 32.2. The average Bonchev–Trinajstić information content (AvgIpc) is 2.79. The summed E-state index contributed by atoms with van der Waals surface area (Å²) < 4.78 is 7.11. The maximum absolute atomic E-state index is 13.2.